The average molecular weight is 207 g/mol. The summed E-state index contributed by atoms with van der Waals surface area (Å²) >= 11 is 0. The standard InChI is InChI=1S/C10H9NO2S/c1-14(12,13)10-7-3-2-5-9(10)6-4-8-11/h2-7H,1H3. The highest BCUT2D eigenvalue weighted by Gasteiger charge is 2.09. The molecule has 0 N–H and O–H groups in total. The molecule has 14 heavy (non-hydrogen) atoms. The number of rotatable bonds is 2. The molecule has 0 aromatic heterocycles. The molecule has 1 rings (SSSR count). The quantitative estimate of drug-likeness (QED) is 0.692. The van der Waals surface area contributed by atoms with Gasteiger partial charge in [0.05, 0.1) is 11.0 Å². The molecule has 3 nitrogen and oxygen atoms in total. The zero-order chi connectivity index (χ0) is 10.6. The molecule has 0 aliphatic heterocycles. The first-order valence-corrected chi connectivity index (χ1v) is 5.80. The van der Waals surface area contributed by atoms with Gasteiger partial charge in [-0.25, -0.2) is 8.42 Å². The Morgan fingerprint density at radius 2 is 2.00 bits per heavy atom. The van der Waals surface area contributed by atoms with Gasteiger partial charge in [-0.15, -0.1) is 0 Å². The third kappa shape index (κ3) is 2.44. The molecule has 0 aliphatic rings. The number of benzene rings is 1. The summed E-state index contributed by atoms with van der Waals surface area (Å²) < 4.78 is 22.6. The Labute approximate surface area is 83.2 Å². The summed E-state index contributed by atoms with van der Waals surface area (Å²) in [6, 6.07) is 8.38. The van der Waals surface area contributed by atoms with E-state index >= 15 is 0 Å². The molecular weight excluding hydrogens is 198 g/mol. The molecule has 0 heterocycles. The molecule has 0 atom stereocenters. The molecule has 0 aliphatic carbocycles. The molecular formula is C10H9NO2S. The smallest absolute Gasteiger partial charge is 0.176 e. The van der Waals surface area contributed by atoms with E-state index in [4.69, 9.17) is 5.26 Å². The zero-order valence-electron chi connectivity index (χ0n) is 7.64. The largest absolute Gasteiger partial charge is 0.224 e. The van der Waals surface area contributed by atoms with E-state index in [9.17, 15) is 8.42 Å². The Kier molecular flexibility index (Phi) is 3.05. The first kappa shape index (κ1) is 10.5. The van der Waals surface area contributed by atoms with Crippen LogP contribution >= 0.6 is 0 Å². The minimum Gasteiger partial charge on any atom is -0.224 e. The second-order valence-electron chi connectivity index (χ2n) is 2.77. The fourth-order valence-electron chi connectivity index (χ4n) is 1.08. The van der Waals surface area contributed by atoms with Crippen LogP contribution in [0.5, 0.6) is 0 Å². The molecule has 0 saturated heterocycles. The molecule has 72 valence electrons. The molecule has 0 amide bonds. The summed E-state index contributed by atoms with van der Waals surface area (Å²) in [4.78, 5) is 0.242. The number of sulfone groups is 1. The van der Waals surface area contributed by atoms with Crippen LogP contribution in [0.25, 0.3) is 6.08 Å². The van der Waals surface area contributed by atoms with Crippen molar-refractivity contribution < 1.29 is 8.42 Å². The van der Waals surface area contributed by atoms with Crippen molar-refractivity contribution in [1.29, 1.82) is 5.26 Å². The predicted molar refractivity (Wildman–Crippen MR) is 54.2 cm³/mol. The lowest BCUT2D eigenvalue weighted by atomic mass is 10.2. The van der Waals surface area contributed by atoms with Gasteiger partial charge < -0.3 is 0 Å². The van der Waals surface area contributed by atoms with Gasteiger partial charge >= 0.3 is 0 Å². The molecule has 0 unspecified atom stereocenters. The Bertz CT molecular complexity index is 495. The van der Waals surface area contributed by atoms with Crippen LogP contribution in [-0.4, -0.2) is 14.7 Å². The van der Waals surface area contributed by atoms with Gasteiger partial charge in [0.15, 0.2) is 9.84 Å². The SMILES string of the molecule is CS(=O)(=O)c1ccccc1C=CC#N. The van der Waals surface area contributed by atoms with E-state index in [0.29, 0.717) is 5.56 Å². The molecule has 0 spiro atoms. The lowest BCUT2D eigenvalue weighted by Gasteiger charge is -2.01. The minimum atomic E-state index is -3.22. The number of allylic oxidation sites excluding steroid dienone is 1. The van der Waals surface area contributed by atoms with E-state index in [1.807, 2.05) is 6.07 Å². The van der Waals surface area contributed by atoms with Gasteiger partial charge in [-0.2, -0.15) is 5.26 Å². The van der Waals surface area contributed by atoms with Crippen molar-refractivity contribution in [2.75, 3.05) is 6.26 Å². The highest BCUT2D eigenvalue weighted by Crippen LogP contribution is 2.16. The van der Waals surface area contributed by atoms with Gasteiger partial charge in [0, 0.05) is 12.3 Å². The van der Waals surface area contributed by atoms with Crippen molar-refractivity contribution in [3.8, 4) is 6.07 Å². The fraction of sp³-hybridized carbons (Fsp3) is 0.100. The Morgan fingerprint density at radius 1 is 1.36 bits per heavy atom. The van der Waals surface area contributed by atoms with Crippen LogP contribution in [0.2, 0.25) is 0 Å². The van der Waals surface area contributed by atoms with Crippen LogP contribution < -0.4 is 0 Å². The number of hydrogen-bond donors (Lipinski definition) is 0. The first-order chi connectivity index (χ1) is 6.55. The second kappa shape index (κ2) is 4.07. The summed E-state index contributed by atoms with van der Waals surface area (Å²) in [5, 5.41) is 8.34. The molecule has 0 fully saturated rings. The number of nitrogens with zero attached hydrogens (tertiary/aromatic N) is 1. The third-order valence-electron chi connectivity index (χ3n) is 1.66. The minimum absolute atomic E-state index is 0.242. The van der Waals surface area contributed by atoms with Crippen LogP contribution in [0, 0.1) is 11.3 Å². The van der Waals surface area contributed by atoms with Crippen LogP contribution in [0.15, 0.2) is 35.2 Å². The van der Waals surface area contributed by atoms with Crippen LogP contribution in [-0.2, 0) is 9.84 Å². The van der Waals surface area contributed by atoms with Crippen molar-refractivity contribution in [2.24, 2.45) is 0 Å². The van der Waals surface area contributed by atoms with E-state index in [2.05, 4.69) is 0 Å². The van der Waals surface area contributed by atoms with Crippen molar-refractivity contribution in [1.82, 2.24) is 0 Å². The van der Waals surface area contributed by atoms with E-state index in [-0.39, 0.29) is 4.90 Å². The highest BCUT2D eigenvalue weighted by atomic mass is 32.2. The topological polar surface area (TPSA) is 57.9 Å². The van der Waals surface area contributed by atoms with Crippen LogP contribution in [0.1, 0.15) is 5.56 Å². The maximum atomic E-state index is 11.3. The van der Waals surface area contributed by atoms with E-state index in [1.54, 1.807) is 18.2 Å². The summed E-state index contributed by atoms with van der Waals surface area (Å²) in [5.41, 5.74) is 0.538. The molecule has 0 bridgehead atoms. The predicted octanol–water partition coefficient (Wildman–Crippen LogP) is 1.63. The molecule has 1 aromatic carbocycles. The molecule has 0 radical (unpaired) electrons. The highest BCUT2D eigenvalue weighted by molar-refractivity contribution is 7.90. The van der Waals surface area contributed by atoms with Gasteiger partial charge in [-0.05, 0) is 17.7 Å². The van der Waals surface area contributed by atoms with E-state index in [1.165, 1.54) is 18.2 Å². The summed E-state index contributed by atoms with van der Waals surface area (Å²) in [6.45, 7) is 0. The maximum Gasteiger partial charge on any atom is 0.176 e. The summed E-state index contributed by atoms with van der Waals surface area (Å²) in [7, 11) is -3.22. The van der Waals surface area contributed by atoms with Gasteiger partial charge in [0.25, 0.3) is 0 Å². The lowest BCUT2D eigenvalue weighted by molar-refractivity contribution is 0.601. The number of nitriles is 1. The summed E-state index contributed by atoms with van der Waals surface area (Å²) in [5.74, 6) is 0. The monoisotopic (exact) mass is 207 g/mol. The van der Waals surface area contributed by atoms with E-state index in [0.717, 1.165) is 6.26 Å². The molecule has 1 aromatic rings. The van der Waals surface area contributed by atoms with E-state index < -0.39 is 9.84 Å². The van der Waals surface area contributed by atoms with Crippen molar-refractivity contribution >= 4 is 15.9 Å². The zero-order valence-corrected chi connectivity index (χ0v) is 8.45. The van der Waals surface area contributed by atoms with Gasteiger partial charge in [0.1, 0.15) is 0 Å². The normalized spacial score (nSPS) is 11.4. The third-order valence-corrected chi connectivity index (χ3v) is 2.83. The first-order valence-electron chi connectivity index (χ1n) is 3.91. The number of hydrogen-bond acceptors (Lipinski definition) is 3. The Morgan fingerprint density at radius 3 is 2.57 bits per heavy atom. The second-order valence-corrected chi connectivity index (χ2v) is 4.76. The van der Waals surface area contributed by atoms with Crippen LogP contribution in [0.3, 0.4) is 0 Å². The van der Waals surface area contributed by atoms with Crippen molar-refractivity contribution in [3.05, 3.63) is 35.9 Å². The van der Waals surface area contributed by atoms with Gasteiger partial charge in [-0.1, -0.05) is 18.2 Å². The average Bonchev–Trinajstić information content (AvgIpc) is 2.14. The molecule has 4 heteroatoms. The van der Waals surface area contributed by atoms with Crippen molar-refractivity contribution in [3.63, 3.8) is 0 Å². The Balaban J connectivity index is 3.32. The fourth-order valence-corrected chi connectivity index (χ4v) is 1.97. The van der Waals surface area contributed by atoms with Crippen molar-refractivity contribution in [2.45, 2.75) is 4.90 Å². The Hall–Kier alpha value is -1.60. The molecule has 0 saturated carbocycles. The van der Waals surface area contributed by atoms with Crippen LogP contribution in [0.4, 0.5) is 0 Å². The summed E-state index contributed by atoms with van der Waals surface area (Å²) in [6.07, 6.45) is 3.88. The van der Waals surface area contributed by atoms with Gasteiger partial charge in [0.2, 0.25) is 0 Å². The maximum absolute atomic E-state index is 11.3. The van der Waals surface area contributed by atoms with Gasteiger partial charge in [-0.3, -0.25) is 0 Å². The lowest BCUT2D eigenvalue weighted by Crippen LogP contribution is -1.99.